The fourth-order valence-electron chi connectivity index (χ4n) is 3.03. The van der Waals surface area contributed by atoms with Crippen molar-refractivity contribution >= 4 is 11.7 Å². The summed E-state index contributed by atoms with van der Waals surface area (Å²) in [6.45, 7) is 2.96. The maximum absolute atomic E-state index is 12.5. The van der Waals surface area contributed by atoms with Gasteiger partial charge < -0.3 is 14.7 Å². The lowest BCUT2D eigenvalue weighted by molar-refractivity contribution is 0.222. The number of benzene rings is 1. The smallest absolute Gasteiger partial charge is 0.321 e. The minimum atomic E-state index is -0.164. The minimum absolute atomic E-state index is 0.103. The number of aromatic nitrogens is 4. The van der Waals surface area contributed by atoms with Gasteiger partial charge in [0.25, 0.3) is 5.56 Å². The van der Waals surface area contributed by atoms with Crippen molar-refractivity contribution in [2.45, 2.75) is 19.3 Å². The number of carbonyl (C=O) groups is 1. The monoisotopic (exact) mass is 354 g/mol. The third-order valence-corrected chi connectivity index (χ3v) is 4.39. The summed E-state index contributed by atoms with van der Waals surface area (Å²) in [4.78, 5) is 29.6. The van der Waals surface area contributed by atoms with E-state index in [2.05, 4.69) is 20.6 Å². The zero-order chi connectivity index (χ0) is 18.1. The van der Waals surface area contributed by atoms with Crippen molar-refractivity contribution < 1.29 is 9.32 Å². The second kappa shape index (κ2) is 6.51. The zero-order valence-electron chi connectivity index (χ0n) is 14.2. The first-order valence-electron chi connectivity index (χ1n) is 8.33. The Balaban J connectivity index is 1.38. The van der Waals surface area contributed by atoms with Crippen LogP contribution in [-0.4, -0.2) is 43.9 Å². The molecule has 0 saturated carbocycles. The normalized spacial score (nSPS) is 16.8. The standard InChI is InChI=1S/C17H18N6O3/c1-11-18-16(21-26-11)12-6-8-22(10-12)17(25)19-13-2-4-14(5-3-13)23-9-7-15(24)20-23/h2-5,7,9,12H,6,8,10H2,1H3,(H,19,25)(H,20,24). The largest absolute Gasteiger partial charge is 0.340 e. The number of anilines is 1. The number of aromatic amines is 1. The minimum Gasteiger partial charge on any atom is -0.340 e. The van der Waals surface area contributed by atoms with E-state index in [1.807, 2.05) is 12.1 Å². The highest BCUT2D eigenvalue weighted by molar-refractivity contribution is 5.89. The van der Waals surface area contributed by atoms with Gasteiger partial charge in [-0.3, -0.25) is 14.6 Å². The predicted molar refractivity (Wildman–Crippen MR) is 93.4 cm³/mol. The molecule has 0 aliphatic carbocycles. The Kier molecular flexibility index (Phi) is 4.04. The molecule has 1 fully saturated rings. The van der Waals surface area contributed by atoms with Crippen LogP contribution in [0.1, 0.15) is 24.1 Å². The zero-order valence-corrected chi connectivity index (χ0v) is 14.2. The van der Waals surface area contributed by atoms with Gasteiger partial charge in [-0.15, -0.1) is 0 Å². The molecule has 2 amide bonds. The lowest BCUT2D eigenvalue weighted by atomic mass is 10.1. The van der Waals surface area contributed by atoms with Crippen LogP contribution in [0.25, 0.3) is 5.69 Å². The van der Waals surface area contributed by atoms with Crippen molar-refractivity contribution in [3.63, 3.8) is 0 Å². The molecular weight excluding hydrogens is 336 g/mol. The molecule has 0 spiro atoms. The van der Waals surface area contributed by atoms with Crippen LogP contribution in [0.3, 0.4) is 0 Å². The molecule has 1 saturated heterocycles. The molecule has 4 rings (SSSR count). The van der Waals surface area contributed by atoms with Crippen molar-refractivity contribution in [1.29, 1.82) is 0 Å². The summed E-state index contributed by atoms with van der Waals surface area (Å²) in [5, 5.41) is 9.50. The Morgan fingerprint density at radius 2 is 2.12 bits per heavy atom. The number of hydrogen-bond donors (Lipinski definition) is 2. The Morgan fingerprint density at radius 3 is 2.77 bits per heavy atom. The number of carbonyl (C=O) groups excluding carboxylic acids is 1. The van der Waals surface area contributed by atoms with Gasteiger partial charge in [-0.1, -0.05) is 5.16 Å². The highest BCUT2D eigenvalue weighted by Crippen LogP contribution is 2.25. The number of rotatable bonds is 3. The van der Waals surface area contributed by atoms with E-state index in [9.17, 15) is 9.59 Å². The maximum Gasteiger partial charge on any atom is 0.321 e. The molecule has 3 heterocycles. The van der Waals surface area contributed by atoms with Crippen molar-refractivity contribution in [2.75, 3.05) is 18.4 Å². The van der Waals surface area contributed by atoms with Crippen molar-refractivity contribution in [3.8, 4) is 5.69 Å². The lowest BCUT2D eigenvalue weighted by Gasteiger charge is -2.17. The molecule has 1 atom stereocenters. The van der Waals surface area contributed by atoms with E-state index in [1.54, 1.807) is 34.8 Å². The van der Waals surface area contributed by atoms with E-state index >= 15 is 0 Å². The average Bonchev–Trinajstić information content (AvgIpc) is 3.36. The molecule has 134 valence electrons. The SMILES string of the molecule is Cc1nc(C2CCN(C(=O)Nc3ccc(-n4ccc(=O)[nH]4)cc3)C2)no1. The van der Waals surface area contributed by atoms with Gasteiger partial charge in [0.2, 0.25) is 5.89 Å². The fraction of sp³-hybridized carbons (Fsp3) is 0.294. The molecule has 3 aromatic rings. The Hall–Kier alpha value is -3.36. The number of nitrogens with one attached hydrogen (secondary N) is 2. The molecule has 9 nitrogen and oxygen atoms in total. The van der Waals surface area contributed by atoms with Gasteiger partial charge >= 0.3 is 6.03 Å². The van der Waals surface area contributed by atoms with Crippen LogP contribution in [-0.2, 0) is 0 Å². The molecule has 1 aliphatic rings. The van der Waals surface area contributed by atoms with E-state index in [-0.39, 0.29) is 17.5 Å². The second-order valence-electron chi connectivity index (χ2n) is 6.24. The van der Waals surface area contributed by atoms with Gasteiger partial charge in [0, 0.05) is 43.9 Å². The van der Waals surface area contributed by atoms with Gasteiger partial charge in [0.15, 0.2) is 5.82 Å². The summed E-state index contributed by atoms with van der Waals surface area (Å²) in [5.41, 5.74) is 1.33. The van der Waals surface area contributed by atoms with E-state index in [4.69, 9.17) is 4.52 Å². The number of hydrogen-bond acceptors (Lipinski definition) is 5. The van der Waals surface area contributed by atoms with Crippen molar-refractivity contribution in [1.82, 2.24) is 24.8 Å². The van der Waals surface area contributed by atoms with Gasteiger partial charge in [0.05, 0.1) is 5.69 Å². The summed E-state index contributed by atoms with van der Waals surface area (Å²) < 4.78 is 6.63. The number of urea groups is 1. The molecule has 0 bridgehead atoms. The molecule has 0 radical (unpaired) electrons. The van der Waals surface area contributed by atoms with E-state index in [1.165, 1.54) is 6.07 Å². The molecule has 1 unspecified atom stereocenters. The third-order valence-electron chi connectivity index (χ3n) is 4.39. The Bertz CT molecular complexity index is 971. The summed E-state index contributed by atoms with van der Waals surface area (Å²) in [6, 6.07) is 8.52. The molecule has 1 aliphatic heterocycles. The first kappa shape index (κ1) is 16.1. The first-order chi connectivity index (χ1) is 12.6. The molecule has 1 aromatic carbocycles. The number of aryl methyl sites for hydroxylation is 1. The van der Waals surface area contributed by atoms with Crippen molar-refractivity contribution in [3.05, 3.63) is 58.6 Å². The maximum atomic E-state index is 12.5. The predicted octanol–water partition coefficient (Wildman–Crippen LogP) is 1.88. The molecule has 2 N–H and O–H groups in total. The van der Waals surface area contributed by atoms with Crippen LogP contribution in [0.4, 0.5) is 10.5 Å². The summed E-state index contributed by atoms with van der Waals surface area (Å²) >= 11 is 0. The fourth-order valence-corrected chi connectivity index (χ4v) is 3.03. The summed E-state index contributed by atoms with van der Waals surface area (Å²) in [7, 11) is 0. The van der Waals surface area contributed by atoms with E-state index in [0.717, 1.165) is 12.1 Å². The van der Waals surface area contributed by atoms with Gasteiger partial charge in [-0.05, 0) is 30.7 Å². The molecular formula is C17H18N6O3. The van der Waals surface area contributed by atoms with Crippen LogP contribution in [0.5, 0.6) is 0 Å². The van der Waals surface area contributed by atoms with Gasteiger partial charge in [-0.25, -0.2) is 4.79 Å². The van der Waals surface area contributed by atoms with Crippen molar-refractivity contribution in [2.24, 2.45) is 0 Å². The highest BCUT2D eigenvalue weighted by Gasteiger charge is 2.30. The van der Waals surface area contributed by atoms with Crippen LogP contribution in [0.15, 0.2) is 45.8 Å². The van der Waals surface area contributed by atoms with Crippen LogP contribution >= 0.6 is 0 Å². The van der Waals surface area contributed by atoms with Gasteiger partial charge in [-0.2, -0.15) is 4.98 Å². The van der Waals surface area contributed by atoms with Crippen LogP contribution < -0.4 is 10.9 Å². The third kappa shape index (κ3) is 3.23. The summed E-state index contributed by atoms with van der Waals surface area (Å²) in [6.07, 6.45) is 2.46. The second-order valence-corrected chi connectivity index (χ2v) is 6.24. The number of H-pyrrole nitrogens is 1. The van der Waals surface area contributed by atoms with Crippen LogP contribution in [0.2, 0.25) is 0 Å². The molecule has 2 aromatic heterocycles. The average molecular weight is 354 g/mol. The molecule has 26 heavy (non-hydrogen) atoms. The lowest BCUT2D eigenvalue weighted by Crippen LogP contribution is -2.32. The first-order valence-corrected chi connectivity index (χ1v) is 8.33. The van der Waals surface area contributed by atoms with E-state index < -0.39 is 0 Å². The summed E-state index contributed by atoms with van der Waals surface area (Å²) in [5.74, 6) is 1.29. The topological polar surface area (TPSA) is 109 Å². The Labute approximate surface area is 148 Å². The van der Waals surface area contributed by atoms with Crippen LogP contribution in [0, 0.1) is 6.92 Å². The number of nitrogens with zero attached hydrogens (tertiary/aromatic N) is 4. The van der Waals surface area contributed by atoms with Gasteiger partial charge in [0.1, 0.15) is 0 Å². The highest BCUT2D eigenvalue weighted by atomic mass is 16.5. The Morgan fingerprint density at radius 1 is 1.31 bits per heavy atom. The quantitative estimate of drug-likeness (QED) is 0.746. The number of likely N-dealkylation sites (tertiary alicyclic amines) is 1. The van der Waals surface area contributed by atoms with E-state index in [0.29, 0.717) is 30.5 Å². The number of amides is 2. The molecule has 9 heteroatoms.